The number of hydrogen-bond acceptors (Lipinski definition) is 2. The van der Waals surface area contributed by atoms with E-state index in [0.717, 1.165) is 25.6 Å². The monoisotopic (exact) mass is 270 g/mol. The lowest BCUT2D eigenvalue weighted by Crippen LogP contribution is -2.25. The molecule has 0 heterocycles. The number of nitrogens with zero attached hydrogens (tertiary/aromatic N) is 1. The second-order valence-electron chi connectivity index (χ2n) is 5.58. The van der Waals surface area contributed by atoms with Crippen molar-refractivity contribution in [3.8, 4) is 0 Å². The third-order valence-corrected chi connectivity index (χ3v) is 3.22. The number of halogens is 2. The highest BCUT2D eigenvalue weighted by Gasteiger charge is 2.10. The Balaban J connectivity index is 2.44. The Morgan fingerprint density at radius 1 is 1.05 bits per heavy atom. The molecule has 4 heteroatoms. The fourth-order valence-corrected chi connectivity index (χ4v) is 1.91. The van der Waals surface area contributed by atoms with Gasteiger partial charge in [-0.15, -0.1) is 0 Å². The minimum absolute atomic E-state index is 0.327. The molecule has 0 amide bonds. The van der Waals surface area contributed by atoms with Gasteiger partial charge in [0.1, 0.15) is 11.6 Å². The first kappa shape index (κ1) is 16.1. The van der Waals surface area contributed by atoms with Crippen LogP contribution in [0.15, 0.2) is 18.2 Å². The third kappa shape index (κ3) is 6.12. The Hall–Kier alpha value is -1.00. The van der Waals surface area contributed by atoms with E-state index in [4.69, 9.17) is 5.73 Å². The Bertz CT molecular complexity index is 373. The maximum Gasteiger partial charge on any atom is 0.126 e. The first-order valence-electron chi connectivity index (χ1n) is 6.78. The van der Waals surface area contributed by atoms with Crippen molar-refractivity contribution in [1.29, 1.82) is 0 Å². The molecular weight excluding hydrogens is 246 g/mol. The molecule has 0 saturated carbocycles. The molecule has 0 bridgehead atoms. The van der Waals surface area contributed by atoms with Crippen LogP contribution in [0.4, 0.5) is 8.78 Å². The topological polar surface area (TPSA) is 29.3 Å². The Morgan fingerprint density at radius 2 is 1.58 bits per heavy atom. The first-order chi connectivity index (χ1) is 8.88. The molecule has 0 fully saturated rings. The SMILES string of the molecule is CC(C)CCN(C)CCC(N)c1cc(F)cc(F)c1. The van der Waals surface area contributed by atoms with Crippen LogP contribution in [0, 0.1) is 17.6 Å². The van der Waals surface area contributed by atoms with E-state index in [2.05, 4.69) is 18.7 Å². The van der Waals surface area contributed by atoms with E-state index in [1.807, 2.05) is 7.05 Å². The van der Waals surface area contributed by atoms with Gasteiger partial charge >= 0.3 is 0 Å². The summed E-state index contributed by atoms with van der Waals surface area (Å²) in [6.07, 6.45) is 1.83. The van der Waals surface area contributed by atoms with Crippen LogP contribution in [0.3, 0.4) is 0 Å². The van der Waals surface area contributed by atoms with Gasteiger partial charge in [0.15, 0.2) is 0 Å². The van der Waals surface area contributed by atoms with Gasteiger partial charge in [-0.05, 0) is 56.6 Å². The maximum absolute atomic E-state index is 13.1. The van der Waals surface area contributed by atoms with Crippen molar-refractivity contribution >= 4 is 0 Å². The van der Waals surface area contributed by atoms with Crippen LogP contribution in [0.1, 0.15) is 38.3 Å². The summed E-state index contributed by atoms with van der Waals surface area (Å²) in [6.45, 7) is 6.22. The predicted octanol–water partition coefficient (Wildman–Crippen LogP) is 3.33. The minimum atomic E-state index is -0.571. The maximum atomic E-state index is 13.1. The van der Waals surface area contributed by atoms with Gasteiger partial charge < -0.3 is 10.6 Å². The molecule has 0 aliphatic heterocycles. The number of hydrogen-bond donors (Lipinski definition) is 1. The van der Waals surface area contributed by atoms with Crippen molar-refractivity contribution in [2.75, 3.05) is 20.1 Å². The van der Waals surface area contributed by atoms with E-state index in [1.54, 1.807) is 0 Å². The highest BCUT2D eigenvalue weighted by Crippen LogP contribution is 2.17. The molecule has 1 aromatic rings. The molecule has 1 atom stereocenters. The molecule has 0 aliphatic carbocycles. The summed E-state index contributed by atoms with van der Waals surface area (Å²) in [5.74, 6) is -0.467. The van der Waals surface area contributed by atoms with Crippen LogP contribution in [-0.2, 0) is 0 Å². The molecule has 0 saturated heterocycles. The number of nitrogens with two attached hydrogens (primary N) is 1. The quantitative estimate of drug-likeness (QED) is 0.823. The first-order valence-corrected chi connectivity index (χ1v) is 6.78. The van der Waals surface area contributed by atoms with E-state index >= 15 is 0 Å². The van der Waals surface area contributed by atoms with Crippen LogP contribution >= 0.6 is 0 Å². The van der Waals surface area contributed by atoms with Gasteiger partial charge in [0.05, 0.1) is 0 Å². The summed E-state index contributed by atoms with van der Waals surface area (Å²) in [6, 6.07) is 3.15. The molecule has 0 aliphatic rings. The molecule has 2 nitrogen and oxygen atoms in total. The third-order valence-electron chi connectivity index (χ3n) is 3.22. The van der Waals surface area contributed by atoms with E-state index in [1.165, 1.54) is 12.1 Å². The zero-order chi connectivity index (χ0) is 14.4. The van der Waals surface area contributed by atoms with Crippen LogP contribution in [0.2, 0.25) is 0 Å². The van der Waals surface area contributed by atoms with E-state index in [0.29, 0.717) is 17.9 Å². The fourth-order valence-electron chi connectivity index (χ4n) is 1.91. The molecule has 1 aromatic carbocycles. The van der Waals surface area contributed by atoms with Gasteiger partial charge in [0.25, 0.3) is 0 Å². The lowest BCUT2D eigenvalue weighted by Gasteiger charge is -2.20. The minimum Gasteiger partial charge on any atom is -0.324 e. The fraction of sp³-hybridized carbons (Fsp3) is 0.600. The van der Waals surface area contributed by atoms with E-state index < -0.39 is 11.6 Å². The molecule has 0 spiro atoms. The molecule has 108 valence electrons. The van der Waals surface area contributed by atoms with Crippen LogP contribution < -0.4 is 5.73 Å². The molecule has 1 rings (SSSR count). The normalized spacial score (nSPS) is 13.3. The lowest BCUT2D eigenvalue weighted by molar-refractivity contribution is 0.298. The standard InChI is InChI=1S/C15H24F2N2/c1-11(2)4-6-19(3)7-5-15(18)12-8-13(16)10-14(17)9-12/h8-11,15H,4-7,18H2,1-3H3. The van der Waals surface area contributed by atoms with Crippen LogP contribution in [0.25, 0.3) is 0 Å². The van der Waals surface area contributed by atoms with Crippen molar-refractivity contribution in [2.45, 2.75) is 32.7 Å². The Kier molecular flexibility index (Phi) is 6.38. The van der Waals surface area contributed by atoms with Gasteiger partial charge in [0.2, 0.25) is 0 Å². The molecular formula is C15H24F2N2. The van der Waals surface area contributed by atoms with E-state index in [9.17, 15) is 8.78 Å². The Labute approximate surface area is 114 Å². The highest BCUT2D eigenvalue weighted by atomic mass is 19.1. The van der Waals surface area contributed by atoms with Crippen molar-refractivity contribution in [3.63, 3.8) is 0 Å². The number of benzene rings is 1. The summed E-state index contributed by atoms with van der Waals surface area (Å²) < 4.78 is 26.2. The Morgan fingerprint density at radius 3 is 2.11 bits per heavy atom. The van der Waals surface area contributed by atoms with Gasteiger partial charge in [-0.3, -0.25) is 0 Å². The van der Waals surface area contributed by atoms with Gasteiger partial charge in [-0.25, -0.2) is 8.78 Å². The largest absolute Gasteiger partial charge is 0.324 e. The average molecular weight is 270 g/mol. The summed E-state index contributed by atoms with van der Waals surface area (Å²) >= 11 is 0. The second-order valence-corrected chi connectivity index (χ2v) is 5.58. The van der Waals surface area contributed by atoms with Crippen molar-refractivity contribution < 1.29 is 8.78 Å². The highest BCUT2D eigenvalue weighted by molar-refractivity contribution is 5.21. The molecule has 1 unspecified atom stereocenters. The van der Waals surface area contributed by atoms with Gasteiger partial charge in [-0.1, -0.05) is 13.8 Å². The smallest absolute Gasteiger partial charge is 0.126 e. The van der Waals surface area contributed by atoms with Crippen molar-refractivity contribution in [1.82, 2.24) is 4.90 Å². The average Bonchev–Trinajstić information content (AvgIpc) is 2.32. The molecule has 19 heavy (non-hydrogen) atoms. The van der Waals surface area contributed by atoms with Crippen molar-refractivity contribution in [2.24, 2.45) is 11.7 Å². The van der Waals surface area contributed by atoms with Gasteiger partial charge in [0, 0.05) is 12.1 Å². The second kappa shape index (κ2) is 7.56. The molecule has 2 N–H and O–H groups in total. The van der Waals surface area contributed by atoms with Gasteiger partial charge in [-0.2, -0.15) is 0 Å². The zero-order valence-corrected chi connectivity index (χ0v) is 12.0. The van der Waals surface area contributed by atoms with Crippen molar-refractivity contribution in [3.05, 3.63) is 35.4 Å². The summed E-state index contributed by atoms with van der Waals surface area (Å²) in [4.78, 5) is 2.20. The van der Waals surface area contributed by atoms with Crippen LogP contribution in [0.5, 0.6) is 0 Å². The molecule has 0 radical (unpaired) electrons. The summed E-state index contributed by atoms with van der Waals surface area (Å²) in [5.41, 5.74) is 6.50. The summed E-state index contributed by atoms with van der Waals surface area (Å²) in [7, 11) is 2.04. The summed E-state index contributed by atoms with van der Waals surface area (Å²) in [5, 5.41) is 0. The zero-order valence-electron chi connectivity index (χ0n) is 12.0. The molecule has 0 aromatic heterocycles. The van der Waals surface area contributed by atoms with E-state index in [-0.39, 0.29) is 6.04 Å². The lowest BCUT2D eigenvalue weighted by atomic mass is 10.0. The number of rotatable bonds is 7. The predicted molar refractivity (Wildman–Crippen MR) is 74.9 cm³/mol. The van der Waals surface area contributed by atoms with Crippen LogP contribution in [-0.4, -0.2) is 25.0 Å².